The van der Waals surface area contributed by atoms with Crippen LogP contribution in [0.3, 0.4) is 0 Å². The van der Waals surface area contributed by atoms with Crippen molar-refractivity contribution in [3.8, 4) is 5.75 Å². The van der Waals surface area contributed by atoms with Crippen LogP contribution in [0.15, 0.2) is 91.0 Å². The van der Waals surface area contributed by atoms with Crippen LogP contribution in [0.25, 0.3) is 10.8 Å². The third kappa shape index (κ3) is 5.96. The molecule has 0 atom stereocenters. The molecule has 0 aliphatic rings. The Labute approximate surface area is 202 Å². The summed E-state index contributed by atoms with van der Waals surface area (Å²) >= 11 is 0. The number of urea groups is 1. The number of amides is 2. The van der Waals surface area contributed by atoms with Gasteiger partial charge in [-0.05, 0) is 35.2 Å². The maximum absolute atomic E-state index is 12.6. The minimum Gasteiger partial charge on any atom is -0.465 e. The van der Waals surface area contributed by atoms with E-state index in [1.165, 1.54) is 18.2 Å². The summed E-state index contributed by atoms with van der Waals surface area (Å²) in [5.41, 5.74) is 1.25. The molecule has 2 amide bonds. The summed E-state index contributed by atoms with van der Waals surface area (Å²) in [5, 5.41) is 7.26. The zero-order valence-corrected chi connectivity index (χ0v) is 19.5. The van der Waals surface area contributed by atoms with Crippen molar-refractivity contribution < 1.29 is 26.9 Å². The normalized spacial score (nSPS) is 11.0. The number of hydrogen-bond acceptors (Lipinski definition) is 6. The third-order valence-electron chi connectivity index (χ3n) is 5.08. The Balaban J connectivity index is 1.53. The number of carbonyl (C=O) groups is 2. The molecule has 0 aliphatic heterocycles. The summed E-state index contributed by atoms with van der Waals surface area (Å²) in [6, 6.07) is 25.1. The summed E-state index contributed by atoms with van der Waals surface area (Å²) < 4.78 is 35.1. The Morgan fingerprint density at radius 2 is 1.54 bits per heavy atom. The van der Waals surface area contributed by atoms with Gasteiger partial charge in [-0.2, -0.15) is 8.42 Å². The van der Waals surface area contributed by atoms with E-state index in [0.29, 0.717) is 11.3 Å². The second-order valence-electron chi connectivity index (χ2n) is 7.58. The smallest absolute Gasteiger partial charge is 0.341 e. The Bertz CT molecular complexity index is 1480. The first-order valence-electron chi connectivity index (χ1n) is 10.6. The number of rotatable bonds is 7. The predicted octanol–water partition coefficient (Wildman–Crippen LogP) is 5.18. The third-order valence-corrected chi connectivity index (χ3v) is 6.20. The minimum absolute atomic E-state index is 0.146. The molecule has 0 saturated heterocycles. The Morgan fingerprint density at radius 3 is 2.31 bits per heavy atom. The van der Waals surface area contributed by atoms with Crippen molar-refractivity contribution in [2.45, 2.75) is 5.75 Å². The Morgan fingerprint density at radius 1 is 0.829 bits per heavy atom. The molecule has 0 fully saturated rings. The standard InChI is InChI=1S/C26H22N2O6S/c1-33-25(29)22-16-20(14-15-24(22)34-35(31,32)17-18-8-3-2-4-9-18)27-26(30)28-23-13-7-11-19-10-5-6-12-21(19)23/h2-16H,17H2,1H3,(H2,27,28,30). The largest absolute Gasteiger partial charge is 0.465 e. The molecule has 4 aromatic rings. The molecule has 0 unspecified atom stereocenters. The van der Waals surface area contributed by atoms with Crippen LogP contribution in [0.1, 0.15) is 15.9 Å². The fourth-order valence-electron chi connectivity index (χ4n) is 3.51. The fraction of sp³-hybridized carbons (Fsp3) is 0.0769. The van der Waals surface area contributed by atoms with Gasteiger partial charge in [0.05, 0.1) is 12.8 Å². The number of nitrogens with one attached hydrogen (secondary N) is 2. The Kier molecular flexibility index (Phi) is 6.98. The first kappa shape index (κ1) is 23.8. The highest BCUT2D eigenvalue weighted by molar-refractivity contribution is 7.86. The molecule has 9 heteroatoms. The molecule has 0 radical (unpaired) electrons. The minimum atomic E-state index is -4.06. The highest BCUT2D eigenvalue weighted by Crippen LogP contribution is 2.27. The van der Waals surface area contributed by atoms with E-state index < -0.39 is 22.1 Å². The number of carbonyl (C=O) groups excluding carboxylic acids is 2. The molecule has 4 aromatic carbocycles. The molecule has 0 heterocycles. The van der Waals surface area contributed by atoms with Crippen LogP contribution in [0.5, 0.6) is 5.75 Å². The zero-order valence-electron chi connectivity index (χ0n) is 18.7. The lowest BCUT2D eigenvalue weighted by Gasteiger charge is -2.13. The molecular formula is C26H22N2O6S. The van der Waals surface area contributed by atoms with Crippen LogP contribution >= 0.6 is 0 Å². The number of hydrogen-bond donors (Lipinski definition) is 2. The van der Waals surface area contributed by atoms with E-state index in [-0.39, 0.29) is 22.8 Å². The molecule has 0 saturated carbocycles. The highest BCUT2D eigenvalue weighted by atomic mass is 32.2. The molecule has 2 N–H and O–H groups in total. The maximum atomic E-state index is 12.6. The number of esters is 1. The van der Waals surface area contributed by atoms with Gasteiger partial charge in [-0.15, -0.1) is 0 Å². The Hall–Kier alpha value is -4.37. The van der Waals surface area contributed by atoms with E-state index >= 15 is 0 Å². The summed E-state index contributed by atoms with van der Waals surface area (Å²) in [6.07, 6.45) is 0. The summed E-state index contributed by atoms with van der Waals surface area (Å²) in [4.78, 5) is 25.0. The molecule has 8 nitrogen and oxygen atoms in total. The summed E-state index contributed by atoms with van der Waals surface area (Å²) in [7, 11) is -2.89. The summed E-state index contributed by atoms with van der Waals surface area (Å²) in [6.45, 7) is 0. The van der Waals surface area contributed by atoms with Gasteiger partial charge in [0.15, 0.2) is 5.75 Å². The predicted molar refractivity (Wildman–Crippen MR) is 134 cm³/mol. The van der Waals surface area contributed by atoms with Crippen LogP contribution in [-0.4, -0.2) is 27.5 Å². The molecule has 178 valence electrons. The lowest BCUT2D eigenvalue weighted by atomic mass is 10.1. The molecule has 0 bridgehead atoms. The average molecular weight is 491 g/mol. The molecule has 0 aliphatic carbocycles. The quantitative estimate of drug-likeness (QED) is 0.273. The van der Waals surface area contributed by atoms with E-state index in [2.05, 4.69) is 10.6 Å². The van der Waals surface area contributed by atoms with Crippen molar-refractivity contribution in [1.29, 1.82) is 0 Å². The van der Waals surface area contributed by atoms with Crippen LogP contribution in [0, 0.1) is 0 Å². The second-order valence-corrected chi connectivity index (χ2v) is 9.15. The van der Waals surface area contributed by atoms with E-state index in [0.717, 1.165) is 17.9 Å². The molecule has 0 spiro atoms. The topological polar surface area (TPSA) is 111 Å². The van der Waals surface area contributed by atoms with Crippen molar-refractivity contribution in [1.82, 2.24) is 0 Å². The number of fused-ring (bicyclic) bond motifs is 1. The van der Waals surface area contributed by atoms with Gasteiger partial charge in [-0.3, -0.25) is 0 Å². The second kappa shape index (κ2) is 10.3. The van der Waals surface area contributed by atoms with Crippen molar-refractivity contribution in [3.05, 3.63) is 102 Å². The van der Waals surface area contributed by atoms with Gasteiger partial charge >= 0.3 is 22.1 Å². The van der Waals surface area contributed by atoms with Crippen LogP contribution in [-0.2, 0) is 20.6 Å². The van der Waals surface area contributed by atoms with E-state index in [9.17, 15) is 18.0 Å². The number of anilines is 2. The van der Waals surface area contributed by atoms with Gasteiger partial charge in [0.2, 0.25) is 0 Å². The van der Waals surface area contributed by atoms with Crippen LogP contribution in [0.2, 0.25) is 0 Å². The van der Waals surface area contributed by atoms with Crippen molar-refractivity contribution in [2.24, 2.45) is 0 Å². The number of ether oxygens (including phenoxy) is 1. The van der Waals surface area contributed by atoms with E-state index in [4.69, 9.17) is 8.92 Å². The summed E-state index contributed by atoms with van der Waals surface area (Å²) in [5.74, 6) is -1.39. The number of benzene rings is 4. The van der Waals surface area contributed by atoms with Crippen LogP contribution in [0.4, 0.5) is 16.2 Å². The van der Waals surface area contributed by atoms with E-state index in [1.807, 2.05) is 36.4 Å². The molecule has 4 rings (SSSR count). The number of methoxy groups -OCH3 is 1. The lowest BCUT2D eigenvalue weighted by Crippen LogP contribution is -2.20. The molecule has 0 aromatic heterocycles. The first-order valence-corrected chi connectivity index (χ1v) is 12.2. The average Bonchev–Trinajstić information content (AvgIpc) is 2.85. The highest BCUT2D eigenvalue weighted by Gasteiger charge is 2.21. The van der Waals surface area contributed by atoms with Gasteiger partial charge in [-0.1, -0.05) is 66.7 Å². The zero-order chi connectivity index (χ0) is 24.8. The van der Waals surface area contributed by atoms with Crippen molar-refractivity contribution in [2.75, 3.05) is 17.7 Å². The van der Waals surface area contributed by atoms with Crippen LogP contribution < -0.4 is 14.8 Å². The van der Waals surface area contributed by atoms with Crippen molar-refractivity contribution in [3.63, 3.8) is 0 Å². The van der Waals surface area contributed by atoms with Gasteiger partial charge in [-0.25, -0.2) is 9.59 Å². The first-order chi connectivity index (χ1) is 16.8. The van der Waals surface area contributed by atoms with Gasteiger partial charge < -0.3 is 19.6 Å². The van der Waals surface area contributed by atoms with Crippen molar-refractivity contribution >= 4 is 44.3 Å². The fourth-order valence-corrected chi connectivity index (χ4v) is 4.59. The lowest BCUT2D eigenvalue weighted by molar-refractivity contribution is 0.0599. The monoisotopic (exact) mass is 490 g/mol. The maximum Gasteiger partial charge on any atom is 0.341 e. The van der Waals surface area contributed by atoms with E-state index in [1.54, 1.807) is 36.4 Å². The molecule has 35 heavy (non-hydrogen) atoms. The molecular weight excluding hydrogens is 468 g/mol. The van der Waals surface area contributed by atoms with Gasteiger partial charge in [0.25, 0.3) is 0 Å². The van der Waals surface area contributed by atoms with Gasteiger partial charge in [0, 0.05) is 11.1 Å². The van der Waals surface area contributed by atoms with Gasteiger partial charge in [0.1, 0.15) is 11.3 Å². The SMILES string of the molecule is COC(=O)c1cc(NC(=O)Nc2cccc3ccccc23)ccc1OS(=O)(=O)Cc1ccccc1.